The first-order chi connectivity index (χ1) is 14.7. The fraction of sp³-hybridized carbons (Fsp3) is 0.381. The minimum absolute atomic E-state index is 0.235. The molecule has 0 amide bonds. The van der Waals surface area contributed by atoms with E-state index < -0.39 is 0 Å². The minimum atomic E-state index is 0.235. The van der Waals surface area contributed by atoms with Gasteiger partial charge in [0.2, 0.25) is 6.79 Å². The van der Waals surface area contributed by atoms with Gasteiger partial charge in [0.1, 0.15) is 11.2 Å². The van der Waals surface area contributed by atoms with Crippen molar-refractivity contribution in [3.63, 3.8) is 0 Å². The van der Waals surface area contributed by atoms with Crippen molar-refractivity contribution in [2.75, 3.05) is 6.79 Å². The highest BCUT2D eigenvalue weighted by molar-refractivity contribution is 7.98. The number of aromatic nitrogens is 4. The number of rotatable bonds is 4. The van der Waals surface area contributed by atoms with Crippen molar-refractivity contribution >= 4 is 39.0 Å². The summed E-state index contributed by atoms with van der Waals surface area (Å²) in [5, 5.41) is 11.0. The van der Waals surface area contributed by atoms with Crippen LogP contribution in [0.25, 0.3) is 15.9 Å². The van der Waals surface area contributed by atoms with Crippen LogP contribution in [0.1, 0.15) is 29.9 Å². The third-order valence-corrected chi connectivity index (χ3v) is 7.76. The number of nitrogens with zero attached hydrogens (tertiary/aromatic N) is 4. The summed E-state index contributed by atoms with van der Waals surface area (Å²) in [6.07, 6.45) is 2.97. The second-order valence-corrected chi connectivity index (χ2v) is 9.90. The standard InChI is InChI=1S/C21H20N4O3S2/c1-11(2)15-6-13-17(7-26-15)30-20-18(13)19-23-24-21(25(19)9-22-20)29-8-12-3-4-14-16(5-12)28-10-27-14/h3-5,9,11,15H,6-8,10H2,1-2H3. The third-order valence-electron chi connectivity index (χ3n) is 5.63. The van der Waals surface area contributed by atoms with Crippen molar-refractivity contribution in [1.82, 2.24) is 19.6 Å². The Labute approximate surface area is 181 Å². The van der Waals surface area contributed by atoms with Crippen LogP contribution in [0.15, 0.2) is 29.7 Å². The van der Waals surface area contributed by atoms with Gasteiger partial charge >= 0.3 is 0 Å². The molecule has 4 aromatic rings. The lowest BCUT2D eigenvalue weighted by Gasteiger charge is -2.26. The van der Waals surface area contributed by atoms with Crippen molar-refractivity contribution in [3.05, 3.63) is 40.5 Å². The van der Waals surface area contributed by atoms with Gasteiger partial charge in [0.25, 0.3) is 0 Å². The second-order valence-electron chi connectivity index (χ2n) is 7.88. The van der Waals surface area contributed by atoms with Gasteiger partial charge in [0.15, 0.2) is 22.3 Å². The van der Waals surface area contributed by atoms with Crippen molar-refractivity contribution < 1.29 is 14.2 Å². The molecule has 0 N–H and O–H groups in total. The summed E-state index contributed by atoms with van der Waals surface area (Å²) >= 11 is 3.35. The van der Waals surface area contributed by atoms with Gasteiger partial charge in [-0.25, -0.2) is 4.98 Å². The van der Waals surface area contributed by atoms with E-state index in [1.54, 1.807) is 23.1 Å². The lowest BCUT2D eigenvalue weighted by Crippen LogP contribution is -2.26. The molecule has 0 fully saturated rings. The predicted molar refractivity (Wildman–Crippen MR) is 115 cm³/mol. The third kappa shape index (κ3) is 2.95. The van der Waals surface area contributed by atoms with Gasteiger partial charge in [-0.15, -0.1) is 21.5 Å². The Kier molecular flexibility index (Phi) is 4.36. The zero-order chi connectivity index (χ0) is 20.2. The molecule has 2 aliphatic rings. The van der Waals surface area contributed by atoms with Gasteiger partial charge in [-0.1, -0.05) is 31.7 Å². The highest BCUT2D eigenvalue weighted by Crippen LogP contribution is 2.39. The largest absolute Gasteiger partial charge is 0.454 e. The zero-order valence-corrected chi connectivity index (χ0v) is 18.3. The predicted octanol–water partition coefficient (Wildman–Crippen LogP) is 4.46. The smallest absolute Gasteiger partial charge is 0.231 e. The molecule has 0 spiro atoms. The molecule has 30 heavy (non-hydrogen) atoms. The van der Waals surface area contributed by atoms with Gasteiger partial charge in [-0.05, 0) is 29.2 Å². The van der Waals surface area contributed by atoms with Crippen molar-refractivity contribution in [1.29, 1.82) is 0 Å². The van der Waals surface area contributed by atoms with Gasteiger partial charge in [0.05, 0.1) is 18.1 Å². The van der Waals surface area contributed by atoms with E-state index >= 15 is 0 Å². The Morgan fingerprint density at radius 3 is 3.03 bits per heavy atom. The normalized spacial score (nSPS) is 17.9. The summed E-state index contributed by atoms with van der Waals surface area (Å²) in [4.78, 5) is 6.99. The number of hydrogen-bond acceptors (Lipinski definition) is 8. The second kappa shape index (κ2) is 7.11. The summed E-state index contributed by atoms with van der Waals surface area (Å²) in [6, 6.07) is 6.04. The molecule has 1 unspecified atom stereocenters. The molecule has 9 heteroatoms. The number of thiophene rings is 1. The number of thioether (sulfide) groups is 1. The lowest BCUT2D eigenvalue weighted by atomic mass is 9.96. The molecule has 0 radical (unpaired) electrons. The summed E-state index contributed by atoms with van der Waals surface area (Å²) in [7, 11) is 0. The molecule has 0 bridgehead atoms. The molecule has 6 rings (SSSR count). The summed E-state index contributed by atoms with van der Waals surface area (Å²) < 4.78 is 18.9. The van der Waals surface area contributed by atoms with E-state index in [2.05, 4.69) is 30.1 Å². The maximum Gasteiger partial charge on any atom is 0.231 e. The molecule has 1 aromatic carbocycles. The van der Waals surface area contributed by atoms with Crippen LogP contribution >= 0.6 is 23.1 Å². The average molecular weight is 441 g/mol. The summed E-state index contributed by atoms with van der Waals surface area (Å²) in [6.45, 7) is 5.36. The molecule has 0 aliphatic carbocycles. The van der Waals surface area contributed by atoms with Crippen LogP contribution in [0.2, 0.25) is 0 Å². The van der Waals surface area contributed by atoms with E-state index in [1.807, 2.05) is 22.9 Å². The van der Waals surface area contributed by atoms with E-state index in [1.165, 1.54) is 10.4 Å². The zero-order valence-electron chi connectivity index (χ0n) is 16.6. The van der Waals surface area contributed by atoms with E-state index in [4.69, 9.17) is 19.2 Å². The Balaban J connectivity index is 1.33. The van der Waals surface area contributed by atoms with Gasteiger partial charge < -0.3 is 14.2 Å². The molecular weight excluding hydrogens is 420 g/mol. The van der Waals surface area contributed by atoms with Crippen LogP contribution in [-0.4, -0.2) is 32.5 Å². The molecule has 5 heterocycles. The first-order valence-electron chi connectivity index (χ1n) is 9.94. The van der Waals surface area contributed by atoms with E-state index in [-0.39, 0.29) is 12.9 Å². The van der Waals surface area contributed by atoms with Crippen LogP contribution in [0.4, 0.5) is 0 Å². The van der Waals surface area contributed by atoms with Crippen LogP contribution < -0.4 is 9.47 Å². The Bertz CT molecular complexity index is 1270. The van der Waals surface area contributed by atoms with Gasteiger partial charge in [0, 0.05) is 17.1 Å². The lowest BCUT2D eigenvalue weighted by molar-refractivity contribution is 0.00203. The number of hydrogen-bond donors (Lipinski definition) is 0. The molecule has 154 valence electrons. The van der Waals surface area contributed by atoms with Crippen LogP contribution in [0.3, 0.4) is 0 Å². The molecule has 1 atom stereocenters. The van der Waals surface area contributed by atoms with Crippen molar-refractivity contribution in [2.45, 2.75) is 43.9 Å². The maximum atomic E-state index is 6.05. The van der Waals surface area contributed by atoms with Crippen LogP contribution in [0, 0.1) is 5.92 Å². The topological polar surface area (TPSA) is 70.8 Å². The summed E-state index contributed by atoms with van der Waals surface area (Å²) in [5.41, 5.74) is 3.37. The van der Waals surface area contributed by atoms with Crippen molar-refractivity contribution in [3.8, 4) is 11.5 Å². The monoisotopic (exact) mass is 440 g/mol. The summed E-state index contributed by atoms with van der Waals surface area (Å²) in [5.74, 6) is 2.84. The Hall–Kier alpha value is -2.36. The molecule has 3 aromatic heterocycles. The highest BCUT2D eigenvalue weighted by atomic mass is 32.2. The highest BCUT2D eigenvalue weighted by Gasteiger charge is 2.28. The van der Waals surface area contributed by atoms with Crippen LogP contribution in [0.5, 0.6) is 11.5 Å². The Morgan fingerprint density at radius 1 is 1.23 bits per heavy atom. The Morgan fingerprint density at radius 2 is 2.13 bits per heavy atom. The minimum Gasteiger partial charge on any atom is -0.454 e. The fourth-order valence-electron chi connectivity index (χ4n) is 3.96. The fourth-order valence-corrected chi connectivity index (χ4v) is 5.89. The first-order valence-corrected chi connectivity index (χ1v) is 11.7. The molecular formula is C21H20N4O3S2. The maximum absolute atomic E-state index is 6.05. The average Bonchev–Trinajstić information content (AvgIpc) is 3.46. The van der Waals surface area contributed by atoms with E-state index in [0.717, 1.165) is 50.3 Å². The van der Waals surface area contributed by atoms with Gasteiger partial charge in [-0.2, -0.15) is 0 Å². The van der Waals surface area contributed by atoms with E-state index in [9.17, 15) is 0 Å². The number of benzene rings is 1. The molecule has 0 saturated carbocycles. The van der Waals surface area contributed by atoms with Crippen molar-refractivity contribution in [2.24, 2.45) is 5.92 Å². The van der Waals surface area contributed by atoms with Crippen LogP contribution in [-0.2, 0) is 23.5 Å². The first kappa shape index (κ1) is 18.4. The number of fused-ring (bicyclic) bond motifs is 6. The quantitative estimate of drug-likeness (QED) is 0.434. The molecule has 7 nitrogen and oxygen atoms in total. The number of ether oxygens (including phenoxy) is 3. The SMILES string of the molecule is CC(C)C1Cc2c(sc3ncn4c(SCc5ccc6c(c5)OCO6)nnc4c23)CO1. The van der Waals surface area contributed by atoms with Gasteiger partial charge in [-0.3, -0.25) is 4.40 Å². The molecule has 2 aliphatic heterocycles. The molecule has 0 saturated heterocycles. The van der Waals surface area contributed by atoms with E-state index in [0.29, 0.717) is 12.5 Å².